The van der Waals surface area contributed by atoms with Crippen LogP contribution in [0.4, 0.5) is 5.69 Å². The van der Waals surface area contributed by atoms with E-state index in [2.05, 4.69) is 5.32 Å². The number of benzene rings is 2. The average molecular weight is 380 g/mol. The van der Waals surface area contributed by atoms with Crippen LogP contribution in [0.25, 0.3) is 0 Å². The number of ether oxygens (including phenoxy) is 2. The number of amides is 2. The third-order valence-corrected chi connectivity index (χ3v) is 5.53. The number of anilines is 1. The fraction of sp³-hybridized carbons (Fsp3) is 0.364. The number of hydrogen-bond acceptors (Lipinski definition) is 4. The average Bonchev–Trinajstić information content (AvgIpc) is 3.31. The van der Waals surface area contributed by atoms with E-state index < -0.39 is 6.10 Å². The zero-order valence-electron chi connectivity index (χ0n) is 15.9. The third kappa shape index (κ3) is 3.30. The standard InChI is InChI=1S/C22H24N2O4/c1-27-12-11-23-20(25)19-13-22(15-28-19)14-24(18-10-6-5-9-17(18)22)21(26)16-7-3-2-4-8-16/h2-10,19H,11-15H2,1H3,(H,23,25)/t19-,22-/m0/s1. The van der Waals surface area contributed by atoms with Crippen molar-refractivity contribution in [2.45, 2.75) is 17.9 Å². The minimum atomic E-state index is -0.517. The second kappa shape index (κ2) is 7.73. The van der Waals surface area contributed by atoms with Gasteiger partial charge in [-0.2, -0.15) is 0 Å². The van der Waals surface area contributed by atoms with Crippen LogP contribution >= 0.6 is 0 Å². The monoisotopic (exact) mass is 380 g/mol. The van der Waals surface area contributed by atoms with E-state index in [-0.39, 0.29) is 17.2 Å². The molecule has 6 heteroatoms. The number of hydrogen-bond donors (Lipinski definition) is 1. The van der Waals surface area contributed by atoms with E-state index in [1.807, 2.05) is 59.5 Å². The van der Waals surface area contributed by atoms with Crippen LogP contribution in [0.1, 0.15) is 22.3 Å². The molecule has 28 heavy (non-hydrogen) atoms. The van der Waals surface area contributed by atoms with Gasteiger partial charge >= 0.3 is 0 Å². The highest BCUT2D eigenvalue weighted by molar-refractivity contribution is 6.07. The molecule has 2 heterocycles. The van der Waals surface area contributed by atoms with Crippen molar-refractivity contribution in [3.63, 3.8) is 0 Å². The molecule has 2 aromatic carbocycles. The van der Waals surface area contributed by atoms with Gasteiger partial charge in [-0.15, -0.1) is 0 Å². The molecular formula is C22H24N2O4. The van der Waals surface area contributed by atoms with E-state index >= 15 is 0 Å². The zero-order chi connectivity index (χ0) is 19.6. The van der Waals surface area contributed by atoms with Crippen LogP contribution in [0.3, 0.4) is 0 Å². The number of carbonyl (C=O) groups is 2. The Morgan fingerprint density at radius 3 is 2.71 bits per heavy atom. The summed E-state index contributed by atoms with van der Waals surface area (Å²) >= 11 is 0. The van der Waals surface area contributed by atoms with Gasteiger partial charge in [-0.25, -0.2) is 0 Å². The maximum absolute atomic E-state index is 13.1. The van der Waals surface area contributed by atoms with Gasteiger partial charge in [0.25, 0.3) is 5.91 Å². The fourth-order valence-electron chi connectivity index (χ4n) is 4.14. The van der Waals surface area contributed by atoms with E-state index in [0.29, 0.717) is 38.3 Å². The van der Waals surface area contributed by atoms with Crippen molar-refractivity contribution in [3.05, 3.63) is 65.7 Å². The molecule has 4 rings (SSSR count). The summed E-state index contributed by atoms with van der Waals surface area (Å²) in [5.74, 6) is -0.155. The van der Waals surface area contributed by atoms with Gasteiger partial charge in [0.05, 0.1) is 13.2 Å². The zero-order valence-corrected chi connectivity index (χ0v) is 15.9. The Bertz CT molecular complexity index is 870. The number of rotatable bonds is 5. The van der Waals surface area contributed by atoms with E-state index in [4.69, 9.17) is 9.47 Å². The van der Waals surface area contributed by atoms with E-state index in [0.717, 1.165) is 11.3 Å². The molecule has 0 saturated carbocycles. The Kier molecular flexibility index (Phi) is 5.15. The molecule has 2 aliphatic heterocycles. The van der Waals surface area contributed by atoms with Crippen LogP contribution in [0, 0.1) is 0 Å². The molecule has 1 N–H and O–H groups in total. The summed E-state index contributed by atoms with van der Waals surface area (Å²) in [4.78, 5) is 27.4. The quantitative estimate of drug-likeness (QED) is 0.807. The van der Waals surface area contributed by atoms with Gasteiger partial charge in [0.15, 0.2) is 0 Å². The minimum absolute atomic E-state index is 0.0297. The predicted molar refractivity (Wildman–Crippen MR) is 105 cm³/mol. The van der Waals surface area contributed by atoms with Gasteiger partial charge in [0, 0.05) is 36.9 Å². The highest BCUT2D eigenvalue weighted by Gasteiger charge is 2.51. The van der Waals surface area contributed by atoms with Crippen LogP contribution in [0.5, 0.6) is 0 Å². The Hall–Kier alpha value is -2.70. The summed E-state index contributed by atoms with van der Waals surface area (Å²) < 4.78 is 10.9. The molecule has 2 amide bonds. The molecular weight excluding hydrogens is 356 g/mol. The molecule has 0 bridgehead atoms. The number of carbonyl (C=O) groups excluding carboxylic acids is 2. The number of para-hydroxylation sites is 1. The lowest BCUT2D eigenvalue weighted by Crippen LogP contribution is -2.39. The summed E-state index contributed by atoms with van der Waals surface area (Å²) in [6, 6.07) is 17.2. The van der Waals surface area contributed by atoms with Crippen molar-refractivity contribution in [1.29, 1.82) is 0 Å². The second-order valence-electron chi connectivity index (χ2n) is 7.34. The van der Waals surface area contributed by atoms with Crippen molar-refractivity contribution in [2.75, 3.05) is 38.3 Å². The first-order valence-corrected chi connectivity index (χ1v) is 9.49. The molecule has 1 fully saturated rings. The molecule has 1 spiro atoms. The van der Waals surface area contributed by atoms with Crippen LogP contribution in [0.2, 0.25) is 0 Å². The first kappa shape index (κ1) is 18.7. The molecule has 2 aromatic rings. The first-order valence-electron chi connectivity index (χ1n) is 9.49. The molecule has 2 atom stereocenters. The number of fused-ring (bicyclic) bond motifs is 2. The minimum Gasteiger partial charge on any atom is -0.383 e. The summed E-state index contributed by atoms with van der Waals surface area (Å²) in [6.45, 7) is 1.86. The lowest BCUT2D eigenvalue weighted by Gasteiger charge is -2.23. The van der Waals surface area contributed by atoms with Crippen LogP contribution in [-0.2, 0) is 19.7 Å². The summed E-state index contributed by atoms with van der Waals surface area (Å²) in [7, 11) is 1.60. The highest BCUT2D eigenvalue weighted by atomic mass is 16.5. The largest absolute Gasteiger partial charge is 0.383 e. The smallest absolute Gasteiger partial charge is 0.258 e. The molecule has 146 valence electrons. The van der Waals surface area contributed by atoms with Gasteiger partial charge in [-0.3, -0.25) is 9.59 Å². The first-order chi connectivity index (χ1) is 13.6. The Labute approximate surface area is 164 Å². The van der Waals surface area contributed by atoms with Crippen molar-refractivity contribution >= 4 is 17.5 Å². The van der Waals surface area contributed by atoms with E-state index in [9.17, 15) is 9.59 Å². The molecule has 6 nitrogen and oxygen atoms in total. The maximum Gasteiger partial charge on any atom is 0.258 e. The van der Waals surface area contributed by atoms with Crippen LogP contribution < -0.4 is 10.2 Å². The third-order valence-electron chi connectivity index (χ3n) is 5.53. The second-order valence-corrected chi connectivity index (χ2v) is 7.34. The molecule has 0 aliphatic carbocycles. The molecule has 0 radical (unpaired) electrons. The van der Waals surface area contributed by atoms with Crippen LogP contribution in [-0.4, -0.2) is 51.3 Å². The number of methoxy groups -OCH3 is 1. The Morgan fingerprint density at radius 2 is 1.93 bits per heavy atom. The summed E-state index contributed by atoms with van der Waals surface area (Å²) in [5, 5.41) is 2.85. The van der Waals surface area contributed by atoms with Crippen molar-refractivity contribution in [1.82, 2.24) is 5.32 Å². The SMILES string of the molecule is COCCNC(=O)[C@@H]1C[C@@]2(CO1)CN(C(=O)c1ccccc1)c1ccccc12. The van der Waals surface area contributed by atoms with Gasteiger partial charge in [-0.1, -0.05) is 36.4 Å². The molecule has 0 unspecified atom stereocenters. The number of nitrogens with one attached hydrogen (secondary N) is 1. The lowest BCUT2D eigenvalue weighted by molar-refractivity contribution is -0.130. The van der Waals surface area contributed by atoms with Gasteiger partial charge < -0.3 is 19.7 Å². The van der Waals surface area contributed by atoms with E-state index in [1.165, 1.54) is 0 Å². The summed E-state index contributed by atoms with van der Waals surface area (Å²) in [5.41, 5.74) is 2.28. The van der Waals surface area contributed by atoms with Gasteiger partial charge in [-0.05, 0) is 30.2 Å². The van der Waals surface area contributed by atoms with Crippen molar-refractivity contribution in [2.24, 2.45) is 0 Å². The topological polar surface area (TPSA) is 67.9 Å². The molecule has 1 saturated heterocycles. The van der Waals surface area contributed by atoms with Crippen molar-refractivity contribution in [3.8, 4) is 0 Å². The van der Waals surface area contributed by atoms with Gasteiger partial charge in [0.1, 0.15) is 6.10 Å². The van der Waals surface area contributed by atoms with E-state index in [1.54, 1.807) is 7.11 Å². The van der Waals surface area contributed by atoms with Gasteiger partial charge in [0.2, 0.25) is 5.91 Å². The Morgan fingerprint density at radius 1 is 1.18 bits per heavy atom. The predicted octanol–water partition coefficient (Wildman–Crippen LogP) is 2.14. The number of nitrogens with zero attached hydrogens (tertiary/aromatic N) is 1. The van der Waals surface area contributed by atoms with Crippen LogP contribution in [0.15, 0.2) is 54.6 Å². The maximum atomic E-state index is 13.1. The molecule has 2 aliphatic rings. The lowest BCUT2D eigenvalue weighted by atomic mass is 9.80. The fourth-order valence-corrected chi connectivity index (χ4v) is 4.14. The Balaban J connectivity index is 1.57. The molecule has 0 aromatic heterocycles. The summed E-state index contributed by atoms with van der Waals surface area (Å²) in [6.07, 6.45) is 0.0400. The highest BCUT2D eigenvalue weighted by Crippen LogP contribution is 2.47. The normalized spacial score (nSPS) is 23.0. The van der Waals surface area contributed by atoms with Crippen molar-refractivity contribution < 1.29 is 19.1 Å².